The standard InChI is InChI=1S/C24H24NO3/c1-20(26)28-19-24(27)25(22-13-7-3-8-14-22,23-15-9-4-10-16-23)18-17-21-11-5-2-6-12-21/h2-16H,17-19H2,1H3/q+1. The van der Waals surface area contributed by atoms with E-state index in [4.69, 9.17) is 4.74 Å². The summed E-state index contributed by atoms with van der Waals surface area (Å²) in [4.78, 5) is 24.8. The quantitative estimate of drug-likeness (QED) is 0.446. The van der Waals surface area contributed by atoms with Gasteiger partial charge in [0.1, 0.15) is 11.4 Å². The first-order valence-electron chi connectivity index (χ1n) is 9.33. The normalized spacial score (nSPS) is 11.0. The molecular formula is C24H24NO3+. The van der Waals surface area contributed by atoms with Crippen LogP contribution in [-0.4, -0.2) is 25.0 Å². The Morgan fingerprint density at radius 1 is 0.750 bits per heavy atom. The number of carbonyl (C=O) groups excluding carboxylic acids is 2. The van der Waals surface area contributed by atoms with Crippen molar-refractivity contribution in [3.63, 3.8) is 0 Å². The number of ether oxygens (including phenoxy) is 1. The molecule has 0 N–H and O–H groups in total. The predicted molar refractivity (Wildman–Crippen MR) is 111 cm³/mol. The number of rotatable bonds is 7. The number of esters is 1. The van der Waals surface area contributed by atoms with E-state index in [0.717, 1.165) is 16.9 Å². The highest BCUT2D eigenvalue weighted by Crippen LogP contribution is 2.35. The number of hydrogen-bond donors (Lipinski definition) is 0. The van der Waals surface area contributed by atoms with Crippen LogP contribution >= 0.6 is 0 Å². The molecule has 0 bridgehead atoms. The van der Waals surface area contributed by atoms with E-state index in [0.29, 0.717) is 13.0 Å². The molecule has 0 aliphatic carbocycles. The molecule has 3 aromatic carbocycles. The fourth-order valence-corrected chi connectivity index (χ4v) is 3.40. The molecule has 1 amide bonds. The van der Waals surface area contributed by atoms with Gasteiger partial charge in [-0.2, -0.15) is 4.48 Å². The zero-order chi connectivity index (χ0) is 19.8. The molecule has 0 aromatic heterocycles. The summed E-state index contributed by atoms with van der Waals surface area (Å²) in [5, 5.41) is 0. The summed E-state index contributed by atoms with van der Waals surface area (Å²) < 4.78 is 5.09. The van der Waals surface area contributed by atoms with Crippen LogP contribution in [0.4, 0.5) is 11.4 Å². The zero-order valence-corrected chi connectivity index (χ0v) is 16.0. The van der Waals surface area contributed by atoms with Crippen LogP contribution in [0.2, 0.25) is 0 Å². The minimum atomic E-state index is -0.462. The Kier molecular flexibility index (Phi) is 6.35. The van der Waals surface area contributed by atoms with Crippen molar-refractivity contribution in [2.45, 2.75) is 13.3 Å². The molecule has 3 rings (SSSR count). The third-order valence-electron chi connectivity index (χ3n) is 4.80. The lowest BCUT2D eigenvalue weighted by atomic mass is 10.1. The average molecular weight is 374 g/mol. The number of para-hydroxylation sites is 2. The third kappa shape index (κ3) is 4.35. The lowest BCUT2D eigenvalue weighted by molar-refractivity contribution is -0.148. The van der Waals surface area contributed by atoms with Crippen molar-refractivity contribution in [1.82, 2.24) is 4.48 Å². The maximum atomic E-state index is 13.5. The maximum Gasteiger partial charge on any atom is 0.361 e. The lowest BCUT2D eigenvalue weighted by Gasteiger charge is -2.35. The van der Waals surface area contributed by atoms with Crippen LogP contribution < -0.4 is 4.48 Å². The van der Waals surface area contributed by atoms with Gasteiger partial charge in [0, 0.05) is 37.6 Å². The topological polar surface area (TPSA) is 43.4 Å². The summed E-state index contributed by atoms with van der Waals surface area (Å²) in [6, 6.07) is 29.4. The van der Waals surface area contributed by atoms with Gasteiger partial charge in [-0.3, -0.25) is 4.79 Å². The van der Waals surface area contributed by atoms with Crippen LogP contribution in [0.3, 0.4) is 0 Å². The molecule has 0 atom stereocenters. The molecule has 4 nitrogen and oxygen atoms in total. The van der Waals surface area contributed by atoms with Crippen LogP contribution in [0.1, 0.15) is 12.5 Å². The van der Waals surface area contributed by atoms with E-state index < -0.39 is 5.97 Å². The first kappa shape index (κ1) is 19.5. The average Bonchev–Trinajstić information content (AvgIpc) is 2.75. The SMILES string of the molecule is CC(=O)OCC(=O)[N+](CCc1ccccc1)(c1ccccc1)c1ccccc1. The molecule has 0 saturated carbocycles. The second-order valence-electron chi connectivity index (χ2n) is 6.61. The lowest BCUT2D eigenvalue weighted by Crippen LogP contribution is -2.53. The van der Waals surface area contributed by atoms with Gasteiger partial charge in [-0.15, -0.1) is 0 Å². The van der Waals surface area contributed by atoms with E-state index in [1.807, 2.05) is 78.9 Å². The van der Waals surface area contributed by atoms with E-state index in [2.05, 4.69) is 12.1 Å². The Hall–Kier alpha value is -3.24. The summed E-state index contributed by atoms with van der Waals surface area (Å²) in [5.41, 5.74) is 2.85. The Bertz CT molecular complexity index is 869. The van der Waals surface area contributed by atoms with Gasteiger partial charge in [-0.25, -0.2) is 4.79 Å². The fraction of sp³-hybridized carbons (Fsp3) is 0.167. The van der Waals surface area contributed by atoms with Crippen molar-refractivity contribution in [3.05, 3.63) is 96.6 Å². The molecule has 4 heteroatoms. The van der Waals surface area contributed by atoms with Crippen molar-refractivity contribution in [2.24, 2.45) is 0 Å². The Balaban J connectivity index is 2.08. The van der Waals surface area contributed by atoms with Crippen molar-refractivity contribution < 1.29 is 14.3 Å². The predicted octanol–water partition coefficient (Wildman–Crippen LogP) is 4.66. The van der Waals surface area contributed by atoms with Crippen molar-refractivity contribution in [2.75, 3.05) is 13.2 Å². The van der Waals surface area contributed by atoms with Crippen LogP contribution in [0.25, 0.3) is 0 Å². The number of benzene rings is 3. The molecule has 0 aliphatic rings. The first-order valence-corrected chi connectivity index (χ1v) is 9.33. The molecule has 28 heavy (non-hydrogen) atoms. The van der Waals surface area contributed by atoms with Gasteiger partial charge < -0.3 is 4.74 Å². The minimum absolute atomic E-state index is 0.0101. The molecule has 0 saturated heterocycles. The Morgan fingerprint density at radius 3 is 1.68 bits per heavy atom. The van der Waals surface area contributed by atoms with Gasteiger partial charge in [0.2, 0.25) is 6.61 Å². The number of amides is 1. The highest BCUT2D eigenvalue weighted by molar-refractivity contribution is 5.96. The van der Waals surface area contributed by atoms with E-state index >= 15 is 0 Å². The molecule has 0 radical (unpaired) electrons. The van der Waals surface area contributed by atoms with Crippen molar-refractivity contribution in [1.29, 1.82) is 0 Å². The minimum Gasteiger partial charge on any atom is -0.451 e. The Labute approximate surface area is 165 Å². The van der Waals surface area contributed by atoms with Gasteiger partial charge in [0.05, 0.1) is 6.54 Å². The van der Waals surface area contributed by atoms with Crippen LogP contribution in [-0.2, 0) is 20.7 Å². The highest BCUT2D eigenvalue weighted by atomic mass is 16.5. The number of hydrogen-bond acceptors (Lipinski definition) is 3. The fourth-order valence-electron chi connectivity index (χ4n) is 3.40. The first-order chi connectivity index (χ1) is 13.6. The third-order valence-corrected chi connectivity index (χ3v) is 4.80. The molecule has 0 fully saturated rings. The van der Waals surface area contributed by atoms with Crippen LogP contribution in [0.5, 0.6) is 0 Å². The zero-order valence-electron chi connectivity index (χ0n) is 16.0. The second-order valence-corrected chi connectivity index (χ2v) is 6.61. The molecule has 0 heterocycles. The van der Waals surface area contributed by atoms with Gasteiger partial charge in [-0.1, -0.05) is 66.7 Å². The van der Waals surface area contributed by atoms with E-state index in [1.165, 1.54) is 6.92 Å². The molecule has 0 spiro atoms. The molecular weight excluding hydrogens is 350 g/mol. The van der Waals surface area contributed by atoms with E-state index in [-0.39, 0.29) is 17.0 Å². The van der Waals surface area contributed by atoms with Gasteiger partial charge in [0.15, 0.2) is 0 Å². The van der Waals surface area contributed by atoms with Crippen molar-refractivity contribution >= 4 is 23.3 Å². The summed E-state index contributed by atoms with van der Waals surface area (Å²) >= 11 is 0. The number of carbonyl (C=O) groups is 2. The smallest absolute Gasteiger partial charge is 0.361 e. The summed E-state index contributed by atoms with van der Waals surface area (Å²) in [5.74, 6) is -0.640. The highest BCUT2D eigenvalue weighted by Gasteiger charge is 2.41. The second kappa shape index (κ2) is 9.11. The van der Waals surface area contributed by atoms with Crippen molar-refractivity contribution in [3.8, 4) is 0 Å². The molecule has 0 unspecified atom stereocenters. The largest absolute Gasteiger partial charge is 0.451 e. The molecule has 3 aromatic rings. The Morgan fingerprint density at radius 2 is 1.21 bits per heavy atom. The van der Waals surface area contributed by atoms with Gasteiger partial charge in [-0.05, 0) is 5.56 Å². The van der Waals surface area contributed by atoms with Gasteiger partial charge >= 0.3 is 11.9 Å². The number of nitrogens with zero attached hydrogens (tertiary/aromatic N) is 1. The summed E-state index contributed by atoms with van der Waals surface area (Å²) in [7, 11) is 0. The number of quaternary nitrogens is 1. The van der Waals surface area contributed by atoms with Crippen LogP contribution in [0, 0.1) is 0 Å². The monoisotopic (exact) mass is 374 g/mol. The summed E-state index contributed by atoms with van der Waals surface area (Å²) in [6.07, 6.45) is 0.705. The molecule has 142 valence electrons. The molecule has 0 aliphatic heterocycles. The van der Waals surface area contributed by atoms with Gasteiger partial charge in [0.25, 0.3) is 0 Å². The van der Waals surface area contributed by atoms with E-state index in [1.54, 1.807) is 0 Å². The summed E-state index contributed by atoms with van der Waals surface area (Å²) in [6.45, 7) is 1.57. The maximum absolute atomic E-state index is 13.5. The van der Waals surface area contributed by atoms with E-state index in [9.17, 15) is 9.59 Å². The van der Waals surface area contributed by atoms with Crippen LogP contribution in [0.15, 0.2) is 91.0 Å².